The number of benzene rings is 2. The standard InChI is InChI=1S/C19H16N2O3S2/c1-3-8-21-14-9-15-16(24-11-23-15)10-17(14)26-19(21)20-18(22)12-4-6-13(25-2)7-5-12/h3-7,9-10H,1,8,11H2,2H3. The number of nitrogens with zero attached hydrogens (tertiary/aromatic N) is 2. The maximum absolute atomic E-state index is 12.6. The van der Waals surface area contributed by atoms with Crippen LogP contribution in [0.15, 0.2) is 58.9 Å². The molecule has 0 atom stereocenters. The van der Waals surface area contributed by atoms with Crippen LogP contribution in [-0.2, 0) is 6.54 Å². The highest BCUT2D eigenvalue weighted by atomic mass is 32.2. The molecule has 2 aromatic carbocycles. The molecule has 0 saturated carbocycles. The molecule has 1 amide bonds. The first-order valence-corrected chi connectivity index (χ1v) is 10.0. The van der Waals surface area contributed by atoms with E-state index < -0.39 is 0 Å². The summed E-state index contributed by atoms with van der Waals surface area (Å²) < 4.78 is 13.9. The van der Waals surface area contributed by atoms with Gasteiger partial charge >= 0.3 is 0 Å². The van der Waals surface area contributed by atoms with Crippen molar-refractivity contribution in [3.63, 3.8) is 0 Å². The van der Waals surface area contributed by atoms with Gasteiger partial charge in [-0.3, -0.25) is 4.79 Å². The van der Waals surface area contributed by atoms with Crippen molar-refractivity contribution in [2.24, 2.45) is 4.99 Å². The van der Waals surface area contributed by atoms with E-state index >= 15 is 0 Å². The molecule has 5 nitrogen and oxygen atoms in total. The van der Waals surface area contributed by atoms with Gasteiger partial charge in [0.25, 0.3) is 5.91 Å². The first-order chi connectivity index (χ1) is 12.7. The van der Waals surface area contributed by atoms with Gasteiger partial charge in [-0.25, -0.2) is 0 Å². The Labute approximate surface area is 158 Å². The highest BCUT2D eigenvalue weighted by Crippen LogP contribution is 2.37. The van der Waals surface area contributed by atoms with Crippen LogP contribution in [0, 0.1) is 0 Å². The van der Waals surface area contributed by atoms with E-state index in [1.54, 1.807) is 30.0 Å². The summed E-state index contributed by atoms with van der Waals surface area (Å²) in [5.41, 5.74) is 1.52. The van der Waals surface area contributed by atoms with Crippen molar-refractivity contribution in [1.82, 2.24) is 4.57 Å². The van der Waals surface area contributed by atoms with Crippen molar-refractivity contribution in [2.75, 3.05) is 13.0 Å². The fourth-order valence-electron chi connectivity index (χ4n) is 2.74. The van der Waals surface area contributed by atoms with Gasteiger partial charge in [-0.05, 0) is 30.5 Å². The Kier molecular flexibility index (Phi) is 4.57. The van der Waals surface area contributed by atoms with E-state index in [0.29, 0.717) is 22.7 Å². The average Bonchev–Trinajstić information content (AvgIpc) is 3.24. The quantitative estimate of drug-likeness (QED) is 0.502. The van der Waals surface area contributed by atoms with Gasteiger partial charge < -0.3 is 14.0 Å². The summed E-state index contributed by atoms with van der Waals surface area (Å²) in [5.74, 6) is 1.16. The largest absolute Gasteiger partial charge is 0.454 e. The van der Waals surface area contributed by atoms with Crippen molar-refractivity contribution in [2.45, 2.75) is 11.4 Å². The highest BCUT2D eigenvalue weighted by Gasteiger charge is 2.17. The molecule has 0 radical (unpaired) electrons. The number of ether oxygens (including phenoxy) is 2. The molecule has 1 aliphatic rings. The fraction of sp³-hybridized carbons (Fsp3) is 0.158. The molecule has 0 N–H and O–H groups in total. The molecule has 3 aromatic rings. The molecule has 0 saturated heterocycles. The summed E-state index contributed by atoms with van der Waals surface area (Å²) in [5, 5.41) is 0. The van der Waals surface area contributed by atoms with Crippen LogP contribution in [0.3, 0.4) is 0 Å². The number of amides is 1. The molecule has 7 heteroatoms. The average molecular weight is 384 g/mol. The van der Waals surface area contributed by atoms with Crippen molar-refractivity contribution in [3.8, 4) is 11.5 Å². The van der Waals surface area contributed by atoms with Crippen LogP contribution < -0.4 is 14.3 Å². The zero-order valence-electron chi connectivity index (χ0n) is 14.1. The summed E-state index contributed by atoms with van der Waals surface area (Å²) in [6.45, 7) is 4.60. The van der Waals surface area contributed by atoms with Crippen molar-refractivity contribution in [3.05, 3.63) is 59.4 Å². The Hall–Kier alpha value is -2.51. The Morgan fingerprint density at radius 2 is 2.04 bits per heavy atom. The normalized spacial score (nSPS) is 13.3. The lowest BCUT2D eigenvalue weighted by Gasteiger charge is -2.02. The molecule has 26 heavy (non-hydrogen) atoms. The van der Waals surface area contributed by atoms with Crippen LogP contribution in [-0.4, -0.2) is 23.5 Å². The van der Waals surface area contributed by atoms with E-state index in [2.05, 4.69) is 11.6 Å². The Bertz CT molecular complexity index is 1060. The predicted molar refractivity (Wildman–Crippen MR) is 104 cm³/mol. The second-order valence-corrected chi connectivity index (χ2v) is 7.49. The minimum Gasteiger partial charge on any atom is -0.454 e. The number of carbonyl (C=O) groups excluding carboxylic acids is 1. The molecule has 0 bridgehead atoms. The Morgan fingerprint density at radius 1 is 1.31 bits per heavy atom. The van der Waals surface area contributed by atoms with E-state index in [9.17, 15) is 4.79 Å². The first-order valence-electron chi connectivity index (χ1n) is 7.96. The number of fused-ring (bicyclic) bond motifs is 2. The summed E-state index contributed by atoms with van der Waals surface area (Å²) >= 11 is 3.09. The fourth-order valence-corrected chi connectivity index (χ4v) is 4.19. The predicted octanol–water partition coefficient (Wildman–Crippen LogP) is 4.08. The molecule has 4 rings (SSSR count). The maximum atomic E-state index is 12.6. The zero-order chi connectivity index (χ0) is 18.1. The van der Waals surface area contributed by atoms with Crippen LogP contribution in [0.5, 0.6) is 11.5 Å². The molecule has 2 heterocycles. The number of aromatic nitrogens is 1. The molecule has 0 unspecified atom stereocenters. The van der Waals surface area contributed by atoms with Crippen LogP contribution >= 0.6 is 23.1 Å². The number of hydrogen-bond acceptors (Lipinski definition) is 5. The Balaban J connectivity index is 1.81. The van der Waals surface area contributed by atoms with E-state index in [4.69, 9.17) is 9.47 Å². The van der Waals surface area contributed by atoms with Crippen LogP contribution in [0.2, 0.25) is 0 Å². The molecule has 0 aliphatic carbocycles. The van der Waals surface area contributed by atoms with E-state index in [1.165, 1.54) is 11.3 Å². The van der Waals surface area contributed by atoms with Gasteiger partial charge in [-0.2, -0.15) is 4.99 Å². The second-order valence-electron chi connectivity index (χ2n) is 5.60. The van der Waals surface area contributed by atoms with Gasteiger partial charge in [0.05, 0.1) is 10.2 Å². The van der Waals surface area contributed by atoms with Gasteiger partial charge in [0.1, 0.15) is 0 Å². The van der Waals surface area contributed by atoms with Crippen molar-refractivity contribution in [1.29, 1.82) is 0 Å². The number of thioether (sulfide) groups is 1. The maximum Gasteiger partial charge on any atom is 0.279 e. The van der Waals surface area contributed by atoms with Crippen LogP contribution in [0.4, 0.5) is 0 Å². The van der Waals surface area contributed by atoms with Crippen LogP contribution in [0.1, 0.15) is 10.4 Å². The van der Waals surface area contributed by atoms with Gasteiger partial charge in [0, 0.05) is 29.1 Å². The first kappa shape index (κ1) is 16.9. The van der Waals surface area contributed by atoms with E-state index in [-0.39, 0.29) is 12.7 Å². The second kappa shape index (κ2) is 7.01. The van der Waals surface area contributed by atoms with E-state index in [1.807, 2.05) is 35.1 Å². The number of allylic oxidation sites excluding steroid dienone is 1. The lowest BCUT2D eigenvalue weighted by molar-refractivity contribution is 0.0998. The zero-order valence-corrected chi connectivity index (χ0v) is 15.7. The third-order valence-corrected chi connectivity index (χ3v) is 5.81. The van der Waals surface area contributed by atoms with Gasteiger partial charge in [0.2, 0.25) is 6.79 Å². The summed E-state index contributed by atoms with van der Waals surface area (Å²) in [4.78, 5) is 18.7. The SMILES string of the molecule is C=CCn1c(=NC(=O)c2ccc(SC)cc2)sc2cc3c(cc21)OCO3. The molecule has 0 fully saturated rings. The third kappa shape index (κ3) is 3.04. The Morgan fingerprint density at radius 3 is 2.73 bits per heavy atom. The third-order valence-electron chi connectivity index (χ3n) is 4.02. The van der Waals surface area contributed by atoms with Crippen molar-refractivity contribution >= 4 is 39.2 Å². The van der Waals surface area contributed by atoms with Gasteiger partial charge in [-0.15, -0.1) is 18.3 Å². The van der Waals surface area contributed by atoms with Gasteiger partial charge in [-0.1, -0.05) is 17.4 Å². The smallest absolute Gasteiger partial charge is 0.279 e. The molecule has 0 spiro atoms. The number of thiazole rings is 1. The topological polar surface area (TPSA) is 52.8 Å². The lowest BCUT2D eigenvalue weighted by Crippen LogP contribution is -2.16. The van der Waals surface area contributed by atoms with Crippen molar-refractivity contribution < 1.29 is 14.3 Å². The highest BCUT2D eigenvalue weighted by molar-refractivity contribution is 7.98. The summed E-state index contributed by atoms with van der Waals surface area (Å²) in [6.07, 6.45) is 3.79. The molecular formula is C19H16N2O3S2. The lowest BCUT2D eigenvalue weighted by atomic mass is 10.2. The molecule has 132 valence electrons. The summed E-state index contributed by atoms with van der Waals surface area (Å²) in [7, 11) is 0. The van der Waals surface area contributed by atoms with Crippen LogP contribution in [0.25, 0.3) is 10.2 Å². The molecule has 1 aromatic heterocycles. The molecule has 1 aliphatic heterocycles. The summed E-state index contributed by atoms with van der Waals surface area (Å²) in [6, 6.07) is 11.3. The number of carbonyl (C=O) groups is 1. The minimum absolute atomic E-state index is 0.232. The number of hydrogen-bond donors (Lipinski definition) is 0. The number of rotatable bonds is 4. The van der Waals surface area contributed by atoms with Gasteiger partial charge in [0.15, 0.2) is 16.3 Å². The molecular weight excluding hydrogens is 368 g/mol. The van der Waals surface area contributed by atoms with E-state index in [0.717, 1.165) is 20.9 Å². The monoisotopic (exact) mass is 384 g/mol. The minimum atomic E-state index is -0.262.